The molecule has 0 bridgehead atoms. The summed E-state index contributed by atoms with van der Waals surface area (Å²) in [6, 6.07) is 14.6. The predicted molar refractivity (Wildman–Crippen MR) is 117 cm³/mol. The van der Waals surface area contributed by atoms with Crippen LogP contribution in [-0.4, -0.2) is 56.7 Å². The van der Waals surface area contributed by atoms with Crippen molar-refractivity contribution >= 4 is 17.3 Å². The fourth-order valence-corrected chi connectivity index (χ4v) is 4.53. The van der Waals surface area contributed by atoms with Gasteiger partial charge >= 0.3 is 0 Å². The molecule has 0 aliphatic carbocycles. The highest BCUT2D eigenvalue weighted by Gasteiger charge is 2.34. The van der Waals surface area contributed by atoms with Crippen LogP contribution < -0.4 is 10.2 Å². The van der Waals surface area contributed by atoms with Crippen LogP contribution in [0.2, 0.25) is 0 Å². The smallest absolute Gasteiger partial charge is 0.135 e. The van der Waals surface area contributed by atoms with E-state index in [0.29, 0.717) is 6.54 Å². The molecule has 7 nitrogen and oxygen atoms in total. The molecule has 2 atom stereocenters. The number of β-amino-alcohol motifs (C(OH)–C–C–N with tert-alkyl or cyclic N) is 1. The van der Waals surface area contributed by atoms with Crippen molar-refractivity contribution in [3.63, 3.8) is 0 Å². The molecule has 154 valence electrons. The molecule has 7 heteroatoms. The van der Waals surface area contributed by atoms with Gasteiger partial charge in [0.2, 0.25) is 0 Å². The number of fused-ring (bicyclic) bond motifs is 1. The second kappa shape index (κ2) is 8.38. The number of anilines is 3. The summed E-state index contributed by atoms with van der Waals surface area (Å²) in [5.41, 5.74) is 3.76. The molecule has 2 aromatic heterocycles. The Kier molecular flexibility index (Phi) is 5.29. The molecule has 1 fully saturated rings. The standard InChI is InChI=1S/C23H26N6O/c30-21-15-29(23-13-22(25-16-26-23)27-19-5-9-24-10-6-19)12-8-20(21)28-11-7-17-3-1-2-4-18(17)14-28/h1-6,9-10,13,16,20-21,30H,7-8,11-12,14-15H2,(H,24,25,26,27)/t20-,21-/m0/s1. The van der Waals surface area contributed by atoms with Crippen LogP contribution in [0.15, 0.2) is 61.2 Å². The number of aromatic nitrogens is 3. The molecule has 0 saturated carbocycles. The number of hydrogen-bond donors (Lipinski definition) is 2. The van der Waals surface area contributed by atoms with Crippen LogP contribution >= 0.6 is 0 Å². The monoisotopic (exact) mass is 402 g/mol. The van der Waals surface area contributed by atoms with Crippen LogP contribution in [0.4, 0.5) is 17.3 Å². The summed E-state index contributed by atoms with van der Waals surface area (Å²) in [6.45, 7) is 3.37. The van der Waals surface area contributed by atoms with E-state index in [-0.39, 0.29) is 6.04 Å². The Labute approximate surface area is 176 Å². The van der Waals surface area contributed by atoms with E-state index in [1.807, 2.05) is 18.2 Å². The van der Waals surface area contributed by atoms with Gasteiger partial charge in [0, 0.05) is 56.4 Å². The number of nitrogens with zero attached hydrogens (tertiary/aromatic N) is 5. The highest BCUT2D eigenvalue weighted by atomic mass is 16.3. The summed E-state index contributed by atoms with van der Waals surface area (Å²) in [7, 11) is 0. The molecule has 1 saturated heterocycles. The van der Waals surface area contributed by atoms with Crippen molar-refractivity contribution in [1.29, 1.82) is 0 Å². The molecule has 0 unspecified atom stereocenters. The van der Waals surface area contributed by atoms with E-state index in [4.69, 9.17) is 0 Å². The lowest BCUT2D eigenvalue weighted by atomic mass is 9.94. The molecular formula is C23H26N6O. The summed E-state index contributed by atoms with van der Waals surface area (Å²) in [6.07, 6.45) is 6.61. The first kappa shape index (κ1) is 19.0. The van der Waals surface area contributed by atoms with E-state index < -0.39 is 6.10 Å². The highest BCUT2D eigenvalue weighted by molar-refractivity contribution is 5.58. The molecule has 2 N–H and O–H groups in total. The minimum Gasteiger partial charge on any atom is -0.390 e. The first-order valence-corrected chi connectivity index (χ1v) is 10.5. The molecule has 0 amide bonds. The molecule has 2 aliphatic rings. The van der Waals surface area contributed by atoms with Gasteiger partial charge in [-0.3, -0.25) is 9.88 Å². The first-order valence-electron chi connectivity index (χ1n) is 10.5. The maximum Gasteiger partial charge on any atom is 0.135 e. The maximum atomic E-state index is 11.0. The molecule has 3 aromatic rings. The van der Waals surface area contributed by atoms with Gasteiger partial charge in [-0.2, -0.15) is 0 Å². The average Bonchev–Trinajstić information content (AvgIpc) is 2.79. The van der Waals surface area contributed by atoms with Gasteiger partial charge in [0.25, 0.3) is 0 Å². The Morgan fingerprint density at radius 1 is 1.00 bits per heavy atom. The molecule has 1 aromatic carbocycles. The third-order valence-electron chi connectivity index (χ3n) is 6.10. The molecule has 2 aliphatic heterocycles. The number of aliphatic hydroxyl groups is 1. The van der Waals surface area contributed by atoms with Crippen molar-refractivity contribution in [1.82, 2.24) is 19.9 Å². The molecule has 4 heterocycles. The number of pyridine rings is 1. The summed E-state index contributed by atoms with van der Waals surface area (Å²) in [5.74, 6) is 1.57. The fraction of sp³-hybridized carbons (Fsp3) is 0.348. The average molecular weight is 403 g/mol. The van der Waals surface area contributed by atoms with Gasteiger partial charge in [0.1, 0.15) is 18.0 Å². The fourth-order valence-electron chi connectivity index (χ4n) is 4.53. The van der Waals surface area contributed by atoms with Crippen LogP contribution in [0.25, 0.3) is 0 Å². The van der Waals surface area contributed by atoms with Crippen molar-refractivity contribution in [3.8, 4) is 0 Å². The van der Waals surface area contributed by atoms with Crippen molar-refractivity contribution in [2.45, 2.75) is 31.5 Å². The summed E-state index contributed by atoms with van der Waals surface area (Å²) < 4.78 is 0. The first-order chi connectivity index (χ1) is 14.8. The van der Waals surface area contributed by atoms with Crippen molar-refractivity contribution in [2.24, 2.45) is 0 Å². The zero-order valence-electron chi connectivity index (χ0n) is 16.9. The summed E-state index contributed by atoms with van der Waals surface area (Å²) >= 11 is 0. The molecule has 5 rings (SSSR count). The SMILES string of the molecule is O[C@H]1CN(c2cc(Nc3ccncc3)ncn2)CC[C@@H]1N1CCc2ccccc2C1. The Bertz CT molecular complexity index is 998. The Morgan fingerprint density at radius 2 is 1.83 bits per heavy atom. The Morgan fingerprint density at radius 3 is 2.67 bits per heavy atom. The number of piperidine rings is 1. The normalized spacial score (nSPS) is 21.8. The maximum absolute atomic E-state index is 11.0. The second-order valence-electron chi connectivity index (χ2n) is 7.98. The van der Waals surface area contributed by atoms with Crippen LogP contribution in [-0.2, 0) is 13.0 Å². The number of hydrogen-bond acceptors (Lipinski definition) is 7. The molecule has 30 heavy (non-hydrogen) atoms. The largest absolute Gasteiger partial charge is 0.390 e. The Hall–Kier alpha value is -3.03. The number of benzene rings is 1. The highest BCUT2D eigenvalue weighted by Crippen LogP contribution is 2.27. The lowest BCUT2D eigenvalue weighted by Crippen LogP contribution is -2.55. The number of aliphatic hydroxyl groups excluding tert-OH is 1. The predicted octanol–water partition coefficient (Wildman–Crippen LogP) is 2.61. The van der Waals surface area contributed by atoms with Crippen LogP contribution in [0, 0.1) is 0 Å². The van der Waals surface area contributed by atoms with E-state index in [9.17, 15) is 5.11 Å². The third kappa shape index (κ3) is 3.99. The zero-order chi connectivity index (χ0) is 20.3. The summed E-state index contributed by atoms with van der Waals surface area (Å²) in [5, 5.41) is 14.2. The minimum absolute atomic E-state index is 0.186. The van der Waals surface area contributed by atoms with Crippen LogP contribution in [0.1, 0.15) is 17.5 Å². The zero-order valence-corrected chi connectivity index (χ0v) is 16.9. The van der Waals surface area contributed by atoms with E-state index >= 15 is 0 Å². The number of rotatable bonds is 4. The van der Waals surface area contributed by atoms with Crippen molar-refractivity contribution < 1.29 is 5.11 Å². The molecule has 0 radical (unpaired) electrons. The molecule has 0 spiro atoms. The van der Waals surface area contributed by atoms with Gasteiger partial charge < -0.3 is 15.3 Å². The van der Waals surface area contributed by atoms with Gasteiger partial charge in [-0.1, -0.05) is 24.3 Å². The van der Waals surface area contributed by atoms with Crippen molar-refractivity contribution in [3.05, 3.63) is 72.3 Å². The van der Waals surface area contributed by atoms with Gasteiger partial charge in [0.05, 0.1) is 6.10 Å². The van der Waals surface area contributed by atoms with E-state index in [0.717, 1.165) is 49.8 Å². The van der Waals surface area contributed by atoms with E-state index in [1.54, 1.807) is 18.7 Å². The van der Waals surface area contributed by atoms with Gasteiger partial charge in [-0.05, 0) is 36.1 Å². The van der Waals surface area contributed by atoms with Gasteiger partial charge in [-0.25, -0.2) is 9.97 Å². The van der Waals surface area contributed by atoms with Crippen molar-refractivity contribution in [2.75, 3.05) is 29.9 Å². The van der Waals surface area contributed by atoms with E-state index in [1.165, 1.54) is 11.1 Å². The summed E-state index contributed by atoms with van der Waals surface area (Å²) in [4.78, 5) is 17.4. The van der Waals surface area contributed by atoms with E-state index in [2.05, 4.69) is 54.3 Å². The van der Waals surface area contributed by atoms with Crippen LogP contribution in [0.3, 0.4) is 0 Å². The molecular weight excluding hydrogens is 376 g/mol. The quantitative estimate of drug-likeness (QED) is 0.695. The Balaban J connectivity index is 1.25. The second-order valence-corrected chi connectivity index (χ2v) is 7.98. The van der Waals surface area contributed by atoms with Gasteiger partial charge in [-0.15, -0.1) is 0 Å². The minimum atomic E-state index is -0.407. The topological polar surface area (TPSA) is 77.4 Å². The number of nitrogens with one attached hydrogen (secondary N) is 1. The third-order valence-corrected chi connectivity index (χ3v) is 6.10. The lowest BCUT2D eigenvalue weighted by Gasteiger charge is -2.43. The van der Waals surface area contributed by atoms with Gasteiger partial charge in [0.15, 0.2) is 0 Å². The lowest BCUT2D eigenvalue weighted by molar-refractivity contribution is 0.0293. The van der Waals surface area contributed by atoms with Crippen LogP contribution in [0.5, 0.6) is 0 Å².